The van der Waals surface area contributed by atoms with E-state index in [1.807, 2.05) is 0 Å². The molecule has 0 bridgehead atoms. The summed E-state index contributed by atoms with van der Waals surface area (Å²) < 4.78 is 5.17. The van der Waals surface area contributed by atoms with E-state index in [9.17, 15) is 0 Å². The molecule has 2 unspecified atom stereocenters. The van der Waals surface area contributed by atoms with Gasteiger partial charge in [-0.05, 0) is 52.0 Å². The Morgan fingerprint density at radius 1 is 1.50 bits per heavy atom. The third kappa shape index (κ3) is 5.34. The maximum absolute atomic E-state index is 8.90. The van der Waals surface area contributed by atoms with Crippen LogP contribution in [0.1, 0.15) is 39.5 Å². The number of nitrogens with zero attached hydrogens (tertiary/aromatic N) is 2. The second-order valence-electron chi connectivity index (χ2n) is 5.74. The molecule has 0 aromatic rings. The Kier molecular flexibility index (Phi) is 6.07. The van der Waals surface area contributed by atoms with Crippen molar-refractivity contribution < 1.29 is 4.74 Å². The minimum atomic E-state index is -0.685. The summed E-state index contributed by atoms with van der Waals surface area (Å²) in [5, 5.41) is 8.90. The number of rotatable bonds is 9. The second-order valence-corrected chi connectivity index (χ2v) is 5.74. The van der Waals surface area contributed by atoms with Gasteiger partial charge in [-0.15, -0.1) is 0 Å². The molecule has 2 N–H and O–H groups in total. The van der Waals surface area contributed by atoms with E-state index in [4.69, 9.17) is 15.7 Å². The maximum Gasteiger partial charge on any atom is 0.101 e. The predicted molar refractivity (Wildman–Crippen MR) is 73.1 cm³/mol. The molecule has 1 fully saturated rings. The average molecular weight is 253 g/mol. The Hall–Kier alpha value is -0.630. The summed E-state index contributed by atoms with van der Waals surface area (Å²) in [6.07, 6.45) is 4.45. The number of hydrogen-bond donors (Lipinski definition) is 1. The summed E-state index contributed by atoms with van der Waals surface area (Å²) in [5.41, 5.74) is 5.16. The highest BCUT2D eigenvalue weighted by molar-refractivity contribution is 5.00. The van der Waals surface area contributed by atoms with Gasteiger partial charge in [0.2, 0.25) is 0 Å². The lowest BCUT2D eigenvalue weighted by Gasteiger charge is -2.29. The molecule has 1 saturated carbocycles. The first-order valence-corrected chi connectivity index (χ1v) is 6.93. The van der Waals surface area contributed by atoms with Crippen molar-refractivity contribution in [2.24, 2.45) is 11.7 Å². The van der Waals surface area contributed by atoms with Gasteiger partial charge in [0, 0.05) is 19.7 Å². The van der Waals surface area contributed by atoms with Crippen molar-refractivity contribution in [2.45, 2.75) is 51.1 Å². The number of nitriles is 1. The summed E-state index contributed by atoms with van der Waals surface area (Å²) in [6.45, 7) is 6.86. The first-order chi connectivity index (χ1) is 8.50. The highest BCUT2D eigenvalue weighted by Crippen LogP contribution is 2.35. The molecule has 104 valence electrons. The quantitative estimate of drug-likeness (QED) is 0.680. The van der Waals surface area contributed by atoms with Crippen molar-refractivity contribution in [3.63, 3.8) is 0 Å². The number of nitrogens with two attached hydrogens (primary N) is 1. The molecule has 0 radical (unpaired) electrons. The van der Waals surface area contributed by atoms with Crippen LogP contribution in [-0.4, -0.2) is 43.3 Å². The van der Waals surface area contributed by atoms with Crippen molar-refractivity contribution in [2.75, 3.05) is 26.8 Å². The van der Waals surface area contributed by atoms with Crippen LogP contribution in [0.2, 0.25) is 0 Å². The molecule has 0 amide bonds. The Bertz CT molecular complexity index is 281. The third-order valence-electron chi connectivity index (χ3n) is 3.86. The molecular formula is C14H27N3O. The molecule has 0 aliphatic heterocycles. The molecule has 4 heteroatoms. The summed E-state index contributed by atoms with van der Waals surface area (Å²) in [7, 11) is 1.74. The molecular weight excluding hydrogens is 226 g/mol. The number of ether oxygens (including phenoxy) is 1. The molecule has 1 rings (SSSR count). The smallest absolute Gasteiger partial charge is 0.101 e. The summed E-state index contributed by atoms with van der Waals surface area (Å²) >= 11 is 0. The first kappa shape index (κ1) is 15.4. The molecule has 1 aliphatic rings. The topological polar surface area (TPSA) is 62.3 Å². The Labute approximate surface area is 111 Å². The van der Waals surface area contributed by atoms with E-state index in [-0.39, 0.29) is 0 Å². The normalized spacial score (nSPS) is 20.4. The van der Waals surface area contributed by atoms with Gasteiger partial charge in [0.05, 0.1) is 12.7 Å². The minimum absolute atomic E-state index is 0.631. The highest BCUT2D eigenvalue weighted by atomic mass is 16.5. The number of methoxy groups -OCH3 is 1. The van der Waals surface area contributed by atoms with E-state index in [0.29, 0.717) is 6.04 Å². The van der Waals surface area contributed by atoms with Crippen LogP contribution in [0.3, 0.4) is 0 Å². The zero-order chi connectivity index (χ0) is 13.6. The fraction of sp³-hybridized carbons (Fsp3) is 0.929. The maximum atomic E-state index is 8.90. The molecule has 2 atom stereocenters. The molecule has 0 heterocycles. The van der Waals surface area contributed by atoms with E-state index in [2.05, 4.69) is 17.9 Å². The molecule has 0 aromatic carbocycles. The standard InChI is InChI=1S/C14H27N3O/c1-12(13-5-6-13)17(9-10-18-3)8-4-7-14(2,16)11-15/h12-13H,4-10,16H2,1-3H3. The van der Waals surface area contributed by atoms with Crippen LogP contribution in [0.5, 0.6) is 0 Å². The molecule has 0 saturated heterocycles. The van der Waals surface area contributed by atoms with Gasteiger partial charge in [-0.1, -0.05) is 0 Å². The Morgan fingerprint density at radius 2 is 2.17 bits per heavy atom. The molecule has 18 heavy (non-hydrogen) atoms. The van der Waals surface area contributed by atoms with Crippen LogP contribution in [0.4, 0.5) is 0 Å². The summed E-state index contributed by atoms with van der Waals surface area (Å²) in [4.78, 5) is 2.48. The van der Waals surface area contributed by atoms with Gasteiger partial charge in [0.15, 0.2) is 0 Å². The van der Waals surface area contributed by atoms with Crippen LogP contribution in [0.25, 0.3) is 0 Å². The third-order valence-corrected chi connectivity index (χ3v) is 3.86. The van der Waals surface area contributed by atoms with Crippen LogP contribution < -0.4 is 5.73 Å². The van der Waals surface area contributed by atoms with Crippen molar-refractivity contribution in [1.29, 1.82) is 5.26 Å². The Balaban J connectivity index is 2.34. The lowest BCUT2D eigenvalue weighted by Crippen LogP contribution is -2.40. The zero-order valence-electron chi connectivity index (χ0n) is 12.0. The summed E-state index contributed by atoms with van der Waals surface area (Å²) in [6, 6.07) is 2.79. The van der Waals surface area contributed by atoms with Gasteiger partial charge < -0.3 is 10.5 Å². The van der Waals surface area contributed by atoms with Gasteiger partial charge in [-0.25, -0.2) is 0 Å². The SMILES string of the molecule is COCCN(CCCC(C)(N)C#N)C(C)C1CC1. The predicted octanol–water partition coefficient (Wildman–Crippen LogP) is 1.75. The van der Waals surface area contributed by atoms with Gasteiger partial charge in [-0.2, -0.15) is 5.26 Å². The molecule has 0 aromatic heterocycles. The fourth-order valence-electron chi connectivity index (χ4n) is 2.31. The lowest BCUT2D eigenvalue weighted by atomic mass is 9.99. The fourth-order valence-corrected chi connectivity index (χ4v) is 2.31. The molecule has 4 nitrogen and oxygen atoms in total. The van der Waals surface area contributed by atoms with E-state index in [1.165, 1.54) is 12.8 Å². The van der Waals surface area contributed by atoms with E-state index >= 15 is 0 Å². The van der Waals surface area contributed by atoms with Gasteiger partial charge in [0.1, 0.15) is 5.54 Å². The van der Waals surface area contributed by atoms with Crippen LogP contribution in [0.15, 0.2) is 0 Å². The molecule has 0 spiro atoms. The lowest BCUT2D eigenvalue weighted by molar-refractivity contribution is 0.114. The van der Waals surface area contributed by atoms with Crippen molar-refractivity contribution in [3.05, 3.63) is 0 Å². The van der Waals surface area contributed by atoms with Crippen molar-refractivity contribution in [1.82, 2.24) is 4.90 Å². The van der Waals surface area contributed by atoms with E-state index in [0.717, 1.165) is 38.5 Å². The van der Waals surface area contributed by atoms with Gasteiger partial charge in [-0.3, -0.25) is 4.90 Å². The summed E-state index contributed by atoms with van der Waals surface area (Å²) in [5.74, 6) is 0.863. The average Bonchev–Trinajstić information content (AvgIpc) is 3.16. The number of hydrogen-bond acceptors (Lipinski definition) is 4. The zero-order valence-corrected chi connectivity index (χ0v) is 12.0. The van der Waals surface area contributed by atoms with Crippen LogP contribution in [-0.2, 0) is 4.74 Å². The van der Waals surface area contributed by atoms with E-state index < -0.39 is 5.54 Å². The first-order valence-electron chi connectivity index (χ1n) is 6.93. The highest BCUT2D eigenvalue weighted by Gasteiger charge is 2.31. The molecule has 1 aliphatic carbocycles. The van der Waals surface area contributed by atoms with Crippen LogP contribution >= 0.6 is 0 Å². The van der Waals surface area contributed by atoms with Crippen molar-refractivity contribution in [3.8, 4) is 6.07 Å². The largest absolute Gasteiger partial charge is 0.383 e. The van der Waals surface area contributed by atoms with Gasteiger partial charge in [0.25, 0.3) is 0 Å². The van der Waals surface area contributed by atoms with E-state index in [1.54, 1.807) is 14.0 Å². The monoisotopic (exact) mass is 253 g/mol. The van der Waals surface area contributed by atoms with Gasteiger partial charge >= 0.3 is 0 Å². The Morgan fingerprint density at radius 3 is 2.67 bits per heavy atom. The second kappa shape index (κ2) is 7.08. The minimum Gasteiger partial charge on any atom is -0.383 e. The van der Waals surface area contributed by atoms with Crippen LogP contribution in [0, 0.1) is 17.2 Å². The van der Waals surface area contributed by atoms with Crippen molar-refractivity contribution >= 4 is 0 Å².